The van der Waals surface area contributed by atoms with Crippen molar-refractivity contribution in [1.29, 1.82) is 0 Å². The van der Waals surface area contributed by atoms with Gasteiger partial charge in [-0.15, -0.1) is 0 Å². The normalized spacial score (nSPS) is 10.2. The average Bonchev–Trinajstić information content (AvgIpc) is 2.30. The van der Waals surface area contributed by atoms with Gasteiger partial charge < -0.3 is 14.9 Å². The third-order valence-corrected chi connectivity index (χ3v) is 2.23. The van der Waals surface area contributed by atoms with Crippen LogP contribution in [0.1, 0.15) is 29.6 Å². The van der Waals surface area contributed by atoms with Gasteiger partial charge in [0.15, 0.2) is 0 Å². The highest BCUT2D eigenvalue weighted by atomic mass is 19.1. The fourth-order valence-corrected chi connectivity index (χ4v) is 1.37. The summed E-state index contributed by atoms with van der Waals surface area (Å²) in [6, 6.07) is 3.41. The zero-order valence-corrected chi connectivity index (χ0v) is 9.36. The lowest BCUT2D eigenvalue weighted by molar-refractivity contribution is 0.0691. The van der Waals surface area contributed by atoms with Crippen LogP contribution >= 0.6 is 0 Å². The van der Waals surface area contributed by atoms with Gasteiger partial charge in [-0.05, 0) is 37.5 Å². The predicted molar refractivity (Wildman–Crippen MR) is 59.8 cm³/mol. The van der Waals surface area contributed by atoms with Gasteiger partial charge in [-0.3, -0.25) is 0 Å². The lowest BCUT2D eigenvalue weighted by atomic mass is 10.2. The summed E-state index contributed by atoms with van der Waals surface area (Å²) in [6.07, 6.45) is 2.22. The summed E-state index contributed by atoms with van der Waals surface area (Å²) in [7, 11) is 0. The molecule has 0 unspecified atom stereocenters. The molecule has 0 spiro atoms. The molecule has 0 bridgehead atoms. The van der Waals surface area contributed by atoms with Crippen molar-refractivity contribution in [2.45, 2.75) is 19.3 Å². The van der Waals surface area contributed by atoms with E-state index in [1.165, 1.54) is 6.07 Å². The van der Waals surface area contributed by atoms with Crippen LogP contribution in [0.4, 0.5) is 4.39 Å². The summed E-state index contributed by atoms with van der Waals surface area (Å²) in [4.78, 5) is 10.8. The molecule has 0 radical (unpaired) electrons. The van der Waals surface area contributed by atoms with Crippen LogP contribution in [-0.4, -0.2) is 29.4 Å². The Morgan fingerprint density at radius 2 is 2.06 bits per heavy atom. The molecule has 0 aliphatic heterocycles. The maximum Gasteiger partial charge on any atom is 0.339 e. The number of benzene rings is 1. The number of carboxylic acids is 1. The Hall–Kier alpha value is -1.62. The van der Waals surface area contributed by atoms with Crippen LogP contribution in [0.3, 0.4) is 0 Å². The molecule has 1 aromatic rings. The molecule has 1 rings (SSSR count). The lowest BCUT2D eigenvalue weighted by Crippen LogP contribution is -2.05. The van der Waals surface area contributed by atoms with E-state index in [1.54, 1.807) is 0 Å². The molecule has 0 atom stereocenters. The summed E-state index contributed by atoms with van der Waals surface area (Å²) in [6.45, 7) is 0.489. The van der Waals surface area contributed by atoms with E-state index in [1.807, 2.05) is 0 Å². The predicted octanol–water partition coefficient (Wildman–Crippen LogP) is 2.07. The Bertz CT molecular complexity index is 379. The molecule has 0 aliphatic carbocycles. The highest BCUT2D eigenvalue weighted by Crippen LogP contribution is 2.20. The number of hydrogen-bond donors (Lipinski definition) is 2. The Kier molecular flexibility index (Phi) is 5.42. The summed E-state index contributed by atoms with van der Waals surface area (Å²) in [5, 5.41) is 17.4. The first-order valence-electron chi connectivity index (χ1n) is 5.41. The summed E-state index contributed by atoms with van der Waals surface area (Å²) >= 11 is 0. The van der Waals surface area contributed by atoms with Gasteiger partial charge in [0, 0.05) is 6.61 Å². The summed E-state index contributed by atoms with van der Waals surface area (Å²) in [5.41, 5.74) is -0.174. The molecule has 0 heterocycles. The van der Waals surface area contributed by atoms with Crippen molar-refractivity contribution in [2.75, 3.05) is 13.2 Å². The van der Waals surface area contributed by atoms with E-state index < -0.39 is 11.8 Å². The van der Waals surface area contributed by atoms with E-state index in [0.717, 1.165) is 25.0 Å². The minimum absolute atomic E-state index is 0.136. The van der Waals surface area contributed by atoms with Gasteiger partial charge in [0.25, 0.3) is 0 Å². The largest absolute Gasteiger partial charge is 0.493 e. The summed E-state index contributed by atoms with van der Waals surface area (Å²) < 4.78 is 18.1. The van der Waals surface area contributed by atoms with Crippen LogP contribution in [0.15, 0.2) is 18.2 Å². The van der Waals surface area contributed by atoms with E-state index in [2.05, 4.69) is 0 Å². The minimum atomic E-state index is -1.21. The Morgan fingerprint density at radius 1 is 1.29 bits per heavy atom. The Balaban J connectivity index is 2.55. The highest BCUT2D eigenvalue weighted by molar-refractivity contribution is 5.90. The van der Waals surface area contributed by atoms with Gasteiger partial charge in [-0.2, -0.15) is 0 Å². The van der Waals surface area contributed by atoms with E-state index in [-0.39, 0.29) is 17.9 Å². The molecule has 0 amide bonds. The minimum Gasteiger partial charge on any atom is -0.493 e. The second kappa shape index (κ2) is 6.85. The first-order chi connectivity index (χ1) is 8.15. The van der Waals surface area contributed by atoms with Crippen molar-refractivity contribution in [1.82, 2.24) is 0 Å². The number of halogens is 1. The van der Waals surface area contributed by atoms with Crippen molar-refractivity contribution < 1.29 is 24.1 Å². The smallest absolute Gasteiger partial charge is 0.339 e. The number of unbranched alkanes of at least 4 members (excludes halogenated alkanes) is 2. The van der Waals surface area contributed by atoms with Crippen molar-refractivity contribution in [3.8, 4) is 5.75 Å². The van der Waals surface area contributed by atoms with Gasteiger partial charge in [0.2, 0.25) is 0 Å². The quantitative estimate of drug-likeness (QED) is 0.718. The molecule has 2 N–H and O–H groups in total. The number of ether oxygens (including phenoxy) is 1. The van der Waals surface area contributed by atoms with Gasteiger partial charge in [-0.25, -0.2) is 9.18 Å². The molecule has 0 aliphatic rings. The maximum atomic E-state index is 12.8. The van der Waals surface area contributed by atoms with Gasteiger partial charge >= 0.3 is 5.97 Å². The molecule has 17 heavy (non-hydrogen) atoms. The Labute approximate surface area is 98.7 Å². The number of carbonyl (C=O) groups is 1. The van der Waals surface area contributed by atoms with E-state index in [9.17, 15) is 9.18 Å². The molecule has 94 valence electrons. The standard InChI is InChI=1S/C12H15FO4/c13-9-4-5-11(10(8-9)12(15)16)17-7-3-1-2-6-14/h4-5,8,14H,1-3,6-7H2,(H,15,16). The van der Waals surface area contributed by atoms with E-state index >= 15 is 0 Å². The number of hydrogen-bond acceptors (Lipinski definition) is 3. The van der Waals surface area contributed by atoms with Crippen molar-refractivity contribution in [3.05, 3.63) is 29.6 Å². The van der Waals surface area contributed by atoms with Crippen molar-refractivity contribution >= 4 is 5.97 Å². The zero-order chi connectivity index (χ0) is 12.7. The lowest BCUT2D eigenvalue weighted by Gasteiger charge is -2.08. The third-order valence-electron chi connectivity index (χ3n) is 2.23. The first kappa shape index (κ1) is 13.4. The SMILES string of the molecule is O=C(O)c1cc(F)ccc1OCCCCCO. The van der Waals surface area contributed by atoms with E-state index in [0.29, 0.717) is 13.0 Å². The molecule has 0 aromatic heterocycles. The second-order valence-electron chi connectivity index (χ2n) is 3.58. The Morgan fingerprint density at radius 3 is 2.71 bits per heavy atom. The maximum absolute atomic E-state index is 12.8. The number of aliphatic hydroxyl groups excluding tert-OH is 1. The van der Waals surface area contributed by atoms with Crippen molar-refractivity contribution in [3.63, 3.8) is 0 Å². The molecule has 5 heteroatoms. The van der Waals surface area contributed by atoms with Crippen LogP contribution in [0.5, 0.6) is 5.75 Å². The van der Waals surface area contributed by atoms with Crippen molar-refractivity contribution in [2.24, 2.45) is 0 Å². The highest BCUT2D eigenvalue weighted by Gasteiger charge is 2.12. The number of aliphatic hydroxyl groups is 1. The molecule has 0 saturated heterocycles. The number of carboxylic acid groups (broad SMARTS) is 1. The number of aromatic carboxylic acids is 1. The summed E-state index contributed by atoms with van der Waals surface area (Å²) in [5.74, 6) is -1.65. The molecule has 1 aromatic carbocycles. The second-order valence-corrected chi connectivity index (χ2v) is 3.58. The fourth-order valence-electron chi connectivity index (χ4n) is 1.37. The van der Waals surface area contributed by atoms with E-state index in [4.69, 9.17) is 14.9 Å². The average molecular weight is 242 g/mol. The van der Waals surface area contributed by atoms with Gasteiger partial charge in [0.05, 0.1) is 6.61 Å². The molecule has 0 saturated carbocycles. The van der Waals surface area contributed by atoms with Crippen LogP contribution in [0, 0.1) is 5.82 Å². The van der Waals surface area contributed by atoms with Crippen LogP contribution in [0.25, 0.3) is 0 Å². The molecular weight excluding hydrogens is 227 g/mol. The first-order valence-corrected chi connectivity index (χ1v) is 5.41. The monoisotopic (exact) mass is 242 g/mol. The fraction of sp³-hybridized carbons (Fsp3) is 0.417. The van der Waals surface area contributed by atoms with Crippen LogP contribution in [-0.2, 0) is 0 Å². The zero-order valence-electron chi connectivity index (χ0n) is 9.36. The van der Waals surface area contributed by atoms with Crippen LogP contribution < -0.4 is 4.74 Å². The topological polar surface area (TPSA) is 66.8 Å². The van der Waals surface area contributed by atoms with Crippen LogP contribution in [0.2, 0.25) is 0 Å². The van der Waals surface area contributed by atoms with Gasteiger partial charge in [-0.1, -0.05) is 0 Å². The number of rotatable bonds is 7. The molecule has 0 fully saturated rings. The van der Waals surface area contributed by atoms with Gasteiger partial charge in [0.1, 0.15) is 17.1 Å². The molecule has 4 nitrogen and oxygen atoms in total. The third kappa shape index (κ3) is 4.40. The molecular formula is C12H15FO4.